The molecule has 0 radical (unpaired) electrons. The zero-order chi connectivity index (χ0) is 16.3. The molecule has 3 amide bonds. The van der Waals surface area contributed by atoms with Crippen LogP contribution in [0.1, 0.15) is 18.1 Å². The zero-order valence-corrected chi connectivity index (χ0v) is 12.3. The van der Waals surface area contributed by atoms with Crippen LogP contribution in [0.4, 0.5) is 4.79 Å². The Kier molecular flexibility index (Phi) is 4.13. The van der Waals surface area contributed by atoms with Gasteiger partial charge in [-0.25, -0.2) is 4.79 Å². The van der Waals surface area contributed by atoms with Crippen LogP contribution in [-0.4, -0.2) is 36.0 Å². The highest BCUT2D eigenvalue weighted by molar-refractivity contribution is 6.08. The molecule has 1 aliphatic rings. The normalized spacial score (nSPS) is 20.5. The number of urea groups is 1. The van der Waals surface area contributed by atoms with Crippen LogP contribution in [0, 0.1) is 18.3 Å². The molecule has 22 heavy (non-hydrogen) atoms. The van der Waals surface area contributed by atoms with Gasteiger partial charge in [-0.15, -0.1) is 0 Å². The van der Waals surface area contributed by atoms with Gasteiger partial charge in [-0.2, -0.15) is 5.26 Å². The van der Waals surface area contributed by atoms with E-state index in [9.17, 15) is 14.4 Å². The Labute approximate surface area is 127 Å². The van der Waals surface area contributed by atoms with E-state index in [-0.39, 0.29) is 0 Å². The maximum Gasteiger partial charge on any atom is 0.327 e. The van der Waals surface area contributed by atoms with Gasteiger partial charge < -0.3 is 10.1 Å². The lowest BCUT2D eigenvalue weighted by Crippen LogP contribution is -2.41. The van der Waals surface area contributed by atoms with Crippen molar-refractivity contribution in [2.75, 3.05) is 13.2 Å². The predicted octanol–water partition coefficient (Wildman–Crippen LogP) is 0.829. The van der Waals surface area contributed by atoms with Gasteiger partial charge in [0.2, 0.25) is 0 Å². The summed E-state index contributed by atoms with van der Waals surface area (Å²) in [6.45, 7) is 2.56. The van der Waals surface area contributed by atoms with Crippen molar-refractivity contribution >= 4 is 17.9 Å². The lowest BCUT2D eigenvalue weighted by Gasteiger charge is -2.22. The number of nitrogens with one attached hydrogen (secondary N) is 1. The Morgan fingerprint density at radius 2 is 2.00 bits per heavy atom. The van der Waals surface area contributed by atoms with E-state index in [1.165, 1.54) is 0 Å². The lowest BCUT2D eigenvalue weighted by molar-refractivity contribution is -0.146. The third-order valence-electron chi connectivity index (χ3n) is 3.49. The lowest BCUT2D eigenvalue weighted by atomic mass is 9.91. The number of hydrogen-bond acceptors (Lipinski definition) is 5. The van der Waals surface area contributed by atoms with E-state index in [2.05, 4.69) is 10.1 Å². The highest BCUT2D eigenvalue weighted by Gasteiger charge is 2.49. The molecular weight excluding hydrogens is 286 g/mol. The molecule has 1 aromatic carbocycles. The number of ether oxygens (including phenoxy) is 1. The summed E-state index contributed by atoms with van der Waals surface area (Å²) in [4.78, 5) is 36.8. The molecule has 0 aliphatic carbocycles. The van der Waals surface area contributed by atoms with Crippen LogP contribution in [0.3, 0.4) is 0 Å². The van der Waals surface area contributed by atoms with Gasteiger partial charge in [0.05, 0.1) is 0 Å². The van der Waals surface area contributed by atoms with E-state index in [4.69, 9.17) is 5.26 Å². The molecule has 1 N–H and O–H groups in total. The Balaban J connectivity index is 2.19. The number of aryl methyl sites for hydroxylation is 1. The van der Waals surface area contributed by atoms with Crippen LogP contribution >= 0.6 is 0 Å². The molecule has 7 heteroatoms. The fourth-order valence-corrected chi connectivity index (χ4v) is 2.21. The highest BCUT2D eigenvalue weighted by Crippen LogP contribution is 2.28. The summed E-state index contributed by atoms with van der Waals surface area (Å²) in [6, 6.07) is 8.17. The Bertz CT molecular complexity index is 662. The van der Waals surface area contributed by atoms with Gasteiger partial charge in [-0.3, -0.25) is 14.5 Å². The van der Waals surface area contributed by atoms with Gasteiger partial charge in [0.15, 0.2) is 6.61 Å². The fourth-order valence-electron chi connectivity index (χ4n) is 2.21. The number of amides is 3. The number of rotatable bonds is 4. The quantitative estimate of drug-likeness (QED) is 0.656. The average Bonchev–Trinajstić information content (AvgIpc) is 2.70. The molecule has 2 rings (SSSR count). The molecule has 1 aromatic rings. The minimum atomic E-state index is -1.22. The molecule has 1 saturated heterocycles. The van der Waals surface area contributed by atoms with Crippen molar-refractivity contribution in [1.82, 2.24) is 10.2 Å². The first-order valence-corrected chi connectivity index (χ1v) is 6.62. The van der Waals surface area contributed by atoms with E-state index in [1.807, 2.05) is 19.1 Å². The van der Waals surface area contributed by atoms with Crippen molar-refractivity contribution in [2.24, 2.45) is 0 Å². The second kappa shape index (κ2) is 5.85. The highest BCUT2D eigenvalue weighted by atomic mass is 16.5. The van der Waals surface area contributed by atoms with Crippen molar-refractivity contribution in [3.05, 3.63) is 35.4 Å². The topological polar surface area (TPSA) is 99.5 Å². The third-order valence-corrected chi connectivity index (χ3v) is 3.49. The Morgan fingerprint density at radius 1 is 1.36 bits per heavy atom. The second-order valence-corrected chi connectivity index (χ2v) is 5.13. The summed E-state index contributed by atoms with van der Waals surface area (Å²) in [5.41, 5.74) is 0.436. The predicted molar refractivity (Wildman–Crippen MR) is 75.3 cm³/mol. The van der Waals surface area contributed by atoms with Gasteiger partial charge in [-0.1, -0.05) is 29.8 Å². The number of esters is 1. The van der Waals surface area contributed by atoms with E-state index in [1.54, 1.807) is 25.1 Å². The maximum atomic E-state index is 12.5. The van der Waals surface area contributed by atoms with Crippen LogP contribution in [-0.2, 0) is 19.9 Å². The van der Waals surface area contributed by atoms with Crippen LogP contribution in [0.5, 0.6) is 0 Å². The number of benzene rings is 1. The van der Waals surface area contributed by atoms with Gasteiger partial charge in [0.1, 0.15) is 18.2 Å². The number of nitriles is 1. The van der Waals surface area contributed by atoms with Crippen LogP contribution in [0.2, 0.25) is 0 Å². The number of hydrogen-bond donors (Lipinski definition) is 1. The van der Waals surface area contributed by atoms with Crippen molar-refractivity contribution in [3.63, 3.8) is 0 Å². The average molecular weight is 301 g/mol. The van der Waals surface area contributed by atoms with Crippen LogP contribution in [0.15, 0.2) is 24.3 Å². The minimum Gasteiger partial charge on any atom is -0.449 e. The van der Waals surface area contributed by atoms with Crippen LogP contribution < -0.4 is 5.32 Å². The van der Waals surface area contributed by atoms with Crippen molar-refractivity contribution in [2.45, 2.75) is 19.4 Å². The second-order valence-electron chi connectivity index (χ2n) is 5.13. The summed E-state index contributed by atoms with van der Waals surface area (Å²) in [6.07, 6.45) is 0. The first-order valence-electron chi connectivity index (χ1n) is 6.62. The monoisotopic (exact) mass is 301 g/mol. The van der Waals surface area contributed by atoms with E-state index in [0.717, 1.165) is 10.5 Å². The summed E-state index contributed by atoms with van der Waals surface area (Å²) in [5, 5.41) is 10.9. The van der Waals surface area contributed by atoms with Gasteiger partial charge in [0, 0.05) is 0 Å². The number of carbonyl (C=O) groups excluding carboxylic acids is 3. The molecule has 7 nitrogen and oxygen atoms in total. The van der Waals surface area contributed by atoms with Gasteiger partial charge >= 0.3 is 12.0 Å². The molecule has 0 spiro atoms. The number of imide groups is 1. The molecule has 0 aromatic heterocycles. The summed E-state index contributed by atoms with van der Waals surface area (Å²) < 4.78 is 4.57. The number of carbonyl (C=O) groups is 3. The van der Waals surface area contributed by atoms with Crippen molar-refractivity contribution in [3.8, 4) is 6.07 Å². The first-order chi connectivity index (χ1) is 10.4. The van der Waals surface area contributed by atoms with E-state index >= 15 is 0 Å². The van der Waals surface area contributed by atoms with E-state index in [0.29, 0.717) is 5.56 Å². The van der Waals surface area contributed by atoms with Gasteiger partial charge in [0.25, 0.3) is 5.91 Å². The van der Waals surface area contributed by atoms with Gasteiger partial charge in [-0.05, 0) is 19.4 Å². The summed E-state index contributed by atoms with van der Waals surface area (Å²) in [7, 11) is 0. The van der Waals surface area contributed by atoms with Crippen LogP contribution in [0.25, 0.3) is 0 Å². The largest absolute Gasteiger partial charge is 0.449 e. The molecule has 114 valence electrons. The SMILES string of the molecule is Cc1ccc([C@]2(C)NC(=O)N(CC(=O)OCC#N)C2=O)cc1. The Morgan fingerprint density at radius 3 is 2.59 bits per heavy atom. The maximum absolute atomic E-state index is 12.5. The summed E-state index contributed by atoms with van der Waals surface area (Å²) in [5.74, 6) is -1.34. The van der Waals surface area contributed by atoms with Crippen molar-refractivity contribution < 1.29 is 19.1 Å². The molecule has 0 unspecified atom stereocenters. The smallest absolute Gasteiger partial charge is 0.327 e. The minimum absolute atomic E-state index is 0.419. The summed E-state index contributed by atoms with van der Waals surface area (Å²) >= 11 is 0. The van der Waals surface area contributed by atoms with E-state index < -0.39 is 36.6 Å². The van der Waals surface area contributed by atoms with Crippen molar-refractivity contribution in [1.29, 1.82) is 5.26 Å². The number of nitrogens with zero attached hydrogens (tertiary/aromatic N) is 2. The molecule has 1 heterocycles. The third kappa shape index (κ3) is 2.76. The molecule has 1 aliphatic heterocycles. The zero-order valence-electron chi connectivity index (χ0n) is 12.3. The standard InChI is InChI=1S/C15H15N3O4/c1-10-3-5-11(6-4-10)15(2)13(20)18(14(21)17-15)9-12(19)22-8-7-16/h3-6H,8-9H2,1-2H3,(H,17,21)/t15-/m0/s1. The Hall–Kier alpha value is -2.88. The molecular formula is C15H15N3O4. The first kappa shape index (κ1) is 15.5. The molecule has 1 fully saturated rings. The molecule has 1 atom stereocenters. The molecule has 0 bridgehead atoms. The molecule has 0 saturated carbocycles. The fraction of sp³-hybridized carbons (Fsp3) is 0.333.